The molecule has 0 saturated carbocycles. The zero-order chi connectivity index (χ0) is 43.7. The molecule has 0 rings (SSSR count). The maximum absolute atomic E-state index is 12.8. The van der Waals surface area contributed by atoms with Crippen LogP contribution in [0.4, 0.5) is 0 Å². The highest BCUT2D eigenvalue weighted by Crippen LogP contribution is 2.16. The molecule has 0 fully saturated rings. The lowest BCUT2D eigenvalue weighted by atomic mass is 10.0. The number of unbranched alkanes of at least 4 members (excludes halogenated alkanes) is 33. The van der Waals surface area contributed by atoms with Crippen LogP contribution in [-0.2, 0) is 28.6 Å². The Morgan fingerprint density at radius 1 is 0.333 bits per heavy atom. The third-order valence-electron chi connectivity index (χ3n) is 11.7. The van der Waals surface area contributed by atoms with Gasteiger partial charge in [-0.25, -0.2) is 0 Å². The Balaban J connectivity index is 4.33. The predicted molar refractivity (Wildman–Crippen MR) is 256 cm³/mol. The molecule has 352 valence electrons. The van der Waals surface area contributed by atoms with E-state index in [1.165, 1.54) is 173 Å². The van der Waals surface area contributed by atoms with Gasteiger partial charge in [-0.05, 0) is 51.4 Å². The van der Waals surface area contributed by atoms with Crippen molar-refractivity contribution < 1.29 is 28.6 Å². The second-order valence-electron chi connectivity index (χ2n) is 17.8. The Morgan fingerprint density at radius 3 is 0.950 bits per heavy atom. The number of carbonyl (C=O) groups excluding carboxylic acids is 3. The molecular formula is C54H100O6. The van der Waals surface area contributed by atoms with E-state index in [1.807, 2.05) is 0 Å². The first-order chi connectivity index (χ1) is 29.5. The van der Waals surface area contributed by atoms with E-state index in [4.69, 9.17) is 14.2 Å². The molecular weight excluding hydrogens is 745 g/mol. The maximum atomic E-state index is 12.8. The van der Waals surface area contributed by atoms with E-state index in [2.05, 4.69) is 45.1 Å². The van der Waals surface area contributed by atoms with E-state index in [1.54, 1.807) is 0 Å². The molecule has 0 aliphatic heterocycles. The smallest absolute Gasteiger partial charge is 0.306 e. The number of rotatable bonds is 48. The van der Waals surface area contributed by atoms with Gasteiger partial charge in [0.1, 0.15) is 13.2 Å². The van der Waals surface area contributed by atoms with Gasteiger partial charge in [0.25, 0.3) is 0 Å². The van der Waals surface area contributed by atoms with Crippen molar-refractivity contribution in [2.24, 2.45) is 0 Å². The zero-order valence-corrected chi connectivity index (χ0v) is 40.2. The summed E-state index contributed by atoms with van der Waals surface area (Å²) in [5.74, 6) is -0.862. The molecule has 0 aromatic rings. The Morgan fingerprint density at radius 2 is 0.600 bits per heavy atom. The monoisotopic (exact) mass is 845 g/mol. The van der Waals surface area contributed by atoms with E-state index < -0.39 is 6.10 Å². The van der Waals surface area contributed by atoms with Gasteiger partial charge >= 0.3 is 17.9 Å². The fraction of sp³-hybridized carbons (Fsp3) is 0.870. The quantitative estimate of drug-likeness (QED) is 0.0263. The predicted octanol–water partition coefficient (Wildman–Crippen LogP) is 17.2. The Labute approximate surface area is 373 Å². The van der Waals surface area contributed by atoms with E-state index in [0.717, 1.165) is 70.6 Å². The SMILES string of the molecule is CCCCC/C=C\C/C=C\CCCCCCCCCC(=O)OCC(COC(=O)CCCCCCCCCCCCCC)OC(=O)CCCCCCCCCCCCCCC. The van der Waals surface area contributed by atoms with Crippen molar-refractivity contribution in [1.29, 1.82) is 0 Å². The summed E-state index contributed by atoms with van der Waals surface area (Å²) >= 11 is 0. The van der Waals surface area contributed by atoms with Gasteiger partial charge in [-0.3, -0.25) is 14.4 Å². The lowest BCUT2D eigenvalue weighted by molar-refractivity contribution is -0.167. The molecule has 0 aliphatic rings. The summed E-state index contributed by atoms with van der Waals surface area (Å²) in [7, 11) is 0. The summed E-state index contributed by atoms with van der Waals surface area (Å²) in [5, 5.41) is 0. The van der Waals surface area contributed by atoms with Crippen LogP contribution in [0, 0.1) is 0 Å². The van der Waals surface area contributed by atoms with Crippen LogP contribution in [0.25, 0.3) is 0 Å². The number of hydrogen-bond acceptors (Lipinski definition) is 6. The standard InChI is InChI=1S/C54H100O6/c1-4-7-10-13-16-19-22-25-26-27-28-30-32-35-38-41-44-47-53(56)59-50-51(49-58-52(55)46-43-40-37-34-31-24-21-18-15-12-9-6-3)60-54(57)48-45-42-39-36-33-29-23-20-17-14-11-8-5-2/h16,19,25-26,51H,4-15,17-18,20-24,27-50H2,1-3H3/b19-16-,26-25-. The van der Waals surface area contributed by atoms with Crippen molar-refractivity contribution in [2.75, 3.05) is 13.2 Å². The lowest BCUT2D eigenvalue weighted by Crippen LogP contribution is -2.30. The molecule has 0 aliphatic carbocycles. The largest absolute Gasteiger partial charge is 0.462 e. The van der Waals surface area contributed by atoms with Crippen molar-refractivity contribution in [3.8, 4) is 0 Å². The minimum Gasteiger partial charge on any atom is -0.462 e. The van der Waals surface area contributed by atoms with Crippen LogP contribution >= 0.6 is 0 Å². The van der Waals surface area contributed by atoms with Gasteiger partial charge in [0.15, 0.2) is 6.10 Å². The molecule has 0 amide bonds. The highest BCUT2D eigenvalue weighted by Gasteiger charge is 2.19. The highest BCUT2D eigenvalue weighted by molar-refractivity contribution is 5.71. The molecule has 1 atom stereocenters. The first-order valence-corrected chi connectivity index (χ1v) is 26.3. The fourth-order valence-electron chi connectivity index (χ4n) is 7.71. The van der Waals surface area contributed by atoms with Gasteiger partial charge in [0.05, 0.1) is 0 Å². The zero-order valence-electron chi connectivity index (χ0n) is 40.2. The molecule has 0 bridgehead atoms. The number of carbonyl (C=O) groups is 3. The average Bonchev–Trinajstić information content (AvgIpc) is 3.24. The van der Waals surface area contributed by atoms with Crippen molar-refractivity contribution >= 4 is 17.9 Å². The third kappa shape index (κ3) is 46.9. The average molecular weight is 845 g/mol. The van der Waals surface area contributed by atoms with Crippen LogP contribution in [0.3, 0.4) is 0 Å². The molecule has 6 nitrogen and oxygen atoms in total. The van der Waals surface area contributed by atoms with Gasteiger partial charge in [-0.15, -0.1) is 0 Å². The minimum absolute atomic E-state index is 0.0688. The first-order valence-electron chi connectivity index (χ1n) is 26.3. The lowest BCUT2D eigenvalue weighted by Gasteiger charge is -2.18. The van der Waals surface area contributed by atoms with Gasteiger partial charge < -0.3 is 14.2 Å². The summed E-state index contributed by atoms with van der Waals surface area (Å²) < 4.78 is 16.8. The number of ether oxygens (including phenoxy) is 3. The van der Waals surface area contributed by atoms with E-state index in [9.17, 15) is 14.4 Å². The molecule has 0 saturated heterocycles. The van der Waals surface area contributed by atoms with Crippen LogP contribution in [0.2, 0.25) is 0 Å². The van der Waals surface area contributed by atoms with E-state index in [-0.39, 0.29) is 31.1 Å². The molecule has 0 N–H and O–H groups in total. The summed E-state index contributed by atoms with van der Waals surface area (Å²) in [4.78, 5) is 37.9. The van der Waals surface area contributed by atoms with Crippen LogP contribution in [0.5, 0.6) is 0 Å². The second-order valence-corrected chi connectivity index (χ2v) is 17.8. The van der Waals surface area contributed by atoms with Crippen LogP contribution in [0.15, 0.2) is 24.3 Å². The van der Waals surface area contributed by atoms with Crippen molar-refractivity contribution in [3.63, 3.8) is 0 Å². The summed E-state index contributed by atoms with van der Waals surface area (Å²) in [6, 6.07) is 0. The second kappa shape index (κ2) is 49.5. The summed E-state index contributed by atoms with van der Waals surface area (Å²) in [6.07, 6.45) is 55.8. The minimum atomic E-state index is -0.767. The van der Waals surface area contributed by atoms with Gasteiger partial charge in [0.2, 0.25) is 0 Å². The molecule has 6 heteroatoms. The van der Waals surface area contributed by atoms with Crippen LogP contribution in [0.1, 0.15) is 284 Å². The third-order valence-corrected chi connectivity index (χ3v) is 11.7. The van der Waals surface area contributed by atoms with Crippen molar-refractivity contribution in [3.05, 3.63) is 24.3 Å². The van der Waals surface area contributed by atoms with Crippen molar-refractivity contribution in [2.45, 2.75) is 290 Å². The number of allylic oxidation sites excluding steroid dienone is 4. The summed E-state index contributed by atoms with van der Waals surface area (Å²) in [5.41, 5.74) is 0. The number of esters is 3. The Bertz CT molecular complexity index is 973. The normalized spacial score (nSPS) is 12.1. The van der Waals surface area contributed by atoms with Crippen molar-refractivity contribution in [1.82, 2.24) is 0 Å². The maximum Gasteiger partial charge on any atom is 0.306 e. The molecule has 60 heavy (non-hydrogen) atoms. The highest BCUT2D eigenvalue weighted by atomic mass is 16.6. The summed E-state index contributed by atoms with van der Waals surface area (Å²) in [6.45, 7) is 6.63. The van der Waals surface area contributed by atoms with Gasteiger partial charge in [-0.1, -0.05) is 238 Å². The van der Waals surface area contributed by atoms with E-state index >= 15 is 0 Å². The molecule has 0 aromatic heterocycles. The van der Waals surface area contributed by atoms with Crippen LogP contribution < -0.4 is 0 Å². The molecule has 0 heterocycles. The number of hydrogen-bond donors (Lipinski definition) is 0. The van der Waals surface area contributed by atoms with Gasteiger partial charge in [0, 0.05) is 19.3 Å². The van der Waals surface area contributed by atoms with Gasteiger partial charge in [-0.2, -0.15) is 0 Å². The Hall–Kier alpha value is -2.11. The molecule has 1 unspecified atom stereocenters. The first kappa shape index (κ1) is 57.9. The molecule has 0 aromatic carbocycles. The fourth-order valence-corrected chi connectivity index (χ4v) is 7.71. The van der Waals surface area contributed by atoms with Crippen LogP contribution in [-0.4, -0.2) is 37.2 Å². The molecule has 0 radical (unpaired) electrons. The topological polar surface area (TPSA) is 78.9 Å². The Kier molecular flexibility index (Phi) is 47.8. The molecule has 0 spiro atoms. The van der Waals surface area contributed by atoms with E-state index in [0.29, 0.717) is 19.3 Å².